The highest BCUT2D eigenvalue weighted by atomic mass is 16.5. The van der Waals surface area contributed by atoms with Crippen LogP contribution in [0.2, 0.25) is 0 Å². The van der Waals surface area contributed by atoms with Gasteiger partial charge in [-0.15, -0.1) is 0 Å². The third-order valence-corrected chi connectivity index (χ3v) is 2.29. The molecule has 0 aliphatic heterocycles. The maximum Gasteiger partial charge on any atom is 0.184 e. The normalized spacial score (nSPS) is 10.1. The molecule has 1 aromatic rings. The van der Waals surface area contributed by atoms with Crippen LogP contribution in [-0.2, 0) is 4.74 Å². The molecule has 0 aliphatic rings. The van der Waals surface area contributed by atoms with Gasteiger partial charge in [0, 0.05) is 12.7 Å². The SMILES string of the molecule is COCCOc1ccc(C(C)=O)c(N)c1OC. The Bertz CT molecular complexity index is 404. The standard InChI is InChI=1S/C12H17NO4/c1-8(14)9-4-5-10(17-7-6-15-2)12(16-3)11(9)13/h4-5H,6-7,13H2,1-3H3. The monoisotopic (exact) mass is 239 g/mol. The van der Waals surface area contributed by atoms with Gasteiger partial charge in [-0.1, -0.05) is 0 Å². The quantitative estimate of drug-likeness (QED) is 0.463. The number of nitrogens with two attached hydrogens (primary N) is 1. The first-order valence-corrected chi connectivity index (χ1v) is 5.21. The van der Waals surface area contributed by atoms with E-state index in [1.807, 2.05) is 0 Å². The number of nitrogen functional groups attached to an aromatic ring is 1. The number of carbonyl (C=O) groups is 1. The molecule has 0 atom stereocenters. The number of benzene rings is 1. The zero-order valence-electron chi connectivity index (χ0n) is 10.3. The minimum atomic E-state index is -0.107. The van der Waals surface area contributed by atoms with Gasteiger partial charge >= 0.3 is 0 Å². The summed E-state index contributed by atoms with van der Waals surface area (Å²) in [4.78, 5) is 11.3. The minimum absolute atomic E-state index is 0.107. The van der Waals surface area contributed by atoms with Crippen molar-refractivity contribution < 1.29 is 19.0 Å². The molecular formula is C12H17NO4. The van der Waals surface area contributed by atoms with Crippen molar-refractivity contribution in [2.45, 2.75) is 6.92 Å². The van der Waals surface area contributed by atoms with Crippen LogP contribution in [0.25, 0.3) is 0 Å². The van der Waals surface area contributed by atoms with Crippen molar-refractivity contribution in [2.24, 2.45) is 0 Å². The lowest BCUT2D eigenvalue weighted by molar-refractivity contribution is 0.101. The molecule has 5 heteroatoms. The second kappa shape index (κ2) is 6.10. The molecule has 0 aliphatic carbocycles. The van der Waals surface area contributed by atoms with Crippen molar-refractivity contribution in [3.63, 3.8) is 0 Å². The van der Waals surface area contributed by atoms with Crippen molar-refractivity contribution in [1.29, 1.82) is 0 Å². The van der Waals surface area contributed by atoms with E-state index in [4.69, 9.17) is 19.9 Å². The second-order valence-corrected chi connectivity index (χ2v) is 3.46. The Kier molecular flexibility index (Phi) is 4.78. The summed E-state index contributed by atoms with van der Waals surface area (Å²) in [7, 11) is 3.08. The molecular weight excluding hydrogens is 222 g/mol. The highest BCUT2D eigenvalue weighted by Crippen LogP contribution is 2.35. The number of hydrogen-bond donors (Lipinski definition) is 1. The van der Waals surface area contributed by atoms with Gasteiger partial charge in [0.15, 0.2) is 17.3 Å². The molecule has 0 saturated heterocycles. The number of rotatable bonds is 6. The average Bonchev–Trinajstić information content (AvgIpc) is 2.29. The van der Waals surface area contributed by atoms with Crippen molar-refractivity contribution in [2.75, 3.05) is 33.2 Å². The molecule has 0 bridgehead atoms. The van der Waals surface area contributed by atoms with Gasteiger partial charge in [0.2, 0.25) is 0 Å². The second-order valence-electron chi connectivity index (χ2n) is 3.46. The van der Waals surface area contributed by atoms with Gasteiger partial charge in [-0.3, -0.25) is 4.79 Å². The first-order valence-electron chi connectivity index (χ1n) is 5.21. The highest BCUT2D eigenvalue weighted by Gasteiger charge is 2.15. The molecule has 5 nitrogen and oxygen atoms in total. The van der Waals surface area contributed by atoms with Gasteiger partial charge < -0.3 is 19.9 Å². The van der Waals surface area contributed by atoms with Gasteiger partial charge in [-0.05, 0) is 19.1 Å². The molecule has 0 unspecified atom stereocenters. The Morgan fingerprint density at radius 3 is 2.53 bits per heavy atom. The van der Waals surface area contributed by atoms with E-state index in [0.29, 0.717) is 36.0 Å². The van der Waals surface area contributed by atoms with Crippen LogP contribution in [0.4, 0.5) is 5.69 Å². The molecule has 0 aromatic heterocycles. The summed E-state index contributed by atoms with van der Waals surface area (Å²) < 4.78 is 15.5. The molecule has 94 valence electrons. The topological polar surface area (TPSA) is 70.8 Å². The van der Waals surface area contributed by atoms with Gasteiger partial charge in [0.05, 0.1) is 19.4 Å². The predicted octanol–water partition coefficient (Wildman–Crippen LogP) is 1.51. The summed E-state index contributed by atoms with van der Waals surface area (Å²) in [5.41, 5.74) is 6.58. The first kappa shape index (κ1) is 13.3. The smallest absolute Gasteiger partial charge is 0.184 e. The van der Waals surface area contributed by atoms with Crippen LogP contribution in [0.5, 0.6) is 11.5 Å². The first-order chi connectivity index (χ1) is 8.11. The zero-order valence-corrected chi connectivity index (χ0v) is 10.3. The maximum atomic E-state index is 11.3. The van der Waals surface area contributed by atoms with Crippen LogP contribution in [0.3, 0.4) is 0 Å². The van der Waals surface area contributed by atoms with Gasteiger partial charge in [0.25, 0.3) is 0 Å². The third-order valence-electron chi connectivity index (χ3n) is 2.29. The number of ketones is 1. The van der Waals surface area contributed by atoms with Crippen molar-refractivity contribution in [3.05, 3.63) is 17.7 Å². The van der Waals surface area contributed by atoms with Crippen LogP contribution < -0.4 is 15.2 Å². The van der Waals surface area contributed by atoms with E-state index < -0.39 is 0 Å². The fraction of sp³-hybridized carbons (Fsp3) is 0.417. The van der Waals surface area contributed by atoms with Gasteiger partial charge in [-0.2, -0.15) is 0 Å². The summed E-state index contributed by atoms with van der Waals surface area (Å²) in [6.45, 7) is 2.32. The molecule has 2 N–H and O–H groups in total. The Balaban J connectivity index is 2.99. The van der Waals surface area contributed by atoms with Crippen LogP contribution in [-0.4, -0.2) is 33.2 Å². The molecule has 0 heterocycles. The molecule has 0 radical (unpaired) electrons. The lowest BCUT2D eigenvalue weighted by Gasteiger charge is -2.14. The molecule has 0 saturated carbocycles. The summed E-state index contributed by atoms with van der Waals surface area (Å²) in [5, 5.41) is 0. The van der Waals surface area contributed by atoms with Gasteiger partial charge in [-0.25, -0.2) is 0 Å². The van der Waals surface area contributed by atoms with Crippen LogP contribution >= 0.6 is 0 Å². The Hall–Kier alpha value is -1.75. The summed E-state index contributed by atoms with van der Waals surface area (Å²) in [6.07, 6.45) is 0. The Morgan fingerprint density at radius 2 is 2.00 bits per heavy atom. The fourth-order valence-electron chi connectivity index (χ4n) is 1.45. The number of carbonyl (C=O) groups excluding carboxylic acids is 1. The van der Waals surface area contributed by atoms with E-state index in [1.165, 1.54) is 14.0 Å². The number of Topliss-reactive ketones (excluding diaryl/α,β-unsaturated/α-hetero) is 1. The molecule has 0 spiro atoms. The molecule has 1 rings (SSSR count). The molecule has 0 fully saturated rings. The third kappa shape index (κ3) is 3.10. The number of ether oxygens (including phenoxy) is 3. The van der Waals surface area contributed by atoms with E-state index in [1.54, 1.807) is 19.2 Å². The molecule has 0 amide bonds. The Morgan fingerprint density at radius 1 is 1.29 bits per heavy atom. The van der Waals surface area contributed by atoms with Crippen molar-refractivity contribution in [1.82, 2.24) is 0 Å². The van der Waals surface area contributed by atoms with E-state index in [-0.39, 0.29) is 5.78 Å². The van der Waals surface area contributed by atoms with Crippen LogP contribution in [0, 0.1) is 0 Å². The highest BCUT2D eigenvalue weighted by molar-refractivity contribution is 6.00. The van der Waals surface area contributed by atoms with Crippen molar-refractivity contribution in [3.8, 4) is 11.5 Å². The van der Waals surface area contributed by atoms with Crippen molar-refractivity contribution >= 4 is 11.5 Å². The summed E-state index contributed by atoms with van der Waals surface area (Å²) in [5.74, 6) is 0.782. The maximum absolute atomic E-state index is 11.3. The van der Waals surface area contributed by atoms with Gasteiger partial charge in [0.1, 0.15) is 6.61 Å². The predicted molar refractivity (Wildman–Crippen MR) is 64.8 cm³/mol. The van der Waals surface area contributed by atoms with E-state index in [0.717, 1.165) is 0 Å². The summed E-state index contributed by atoms with van der Waals surface area (Å²) >= 11 is 0. The minimum Gasteiger partial charge on any atom is -0.491 e. The fourth-order valence-corrected chi connectivity index (χ4v) is 1.45. The average molecular weight is 239 g/mol. The lowest BCUT2D eigenvalue weighted by atomic mass is 10.1. The molecule has 1 aromatic carbocycles. The van der Waals surface area contributed by atoms with E-state index in [9.17, 15) is 4.79 Å². The van der Waals surface area contributed by atoms with E-state index >= 15 is 0 Å². The number of hydrogen-bond acceptors (Lipinski definition) is 5. The Labute approximate surface area is 100 Å². The lowest BCUT2D eigenvalue weighted by Crippen LogP contribution is -2.08. The van der Waals surface area contributed by atoms with Crippen LogP contribution in [0.1, 0.15) is 17.3 Å². The summed E-state index contributed by atoms with van der Waals surface area (Å²) in [6, 6.07) is 3.30. The van der Waals surface area contributed by atoms with Crippen LogP contribution in [0.15, 0.2) is 12.1 Å². The number of methoxy groups -OCH3 is 2. The zero-order chi connectivity index (χ0) is 12.8. The number of anilines is 1. The van der Waals surface area contributed by atoms with E-state index in [2.05, 4.69) is 0 Å². The molecule has 17 heavy (non-hydrogen) atoms. The largest absolute Gasteiger partial charge is 0.491 e.